The first-order valence-electron chi connectivity index (χ1n) is 26.5. The first-order valence-corrected chi connectivity index (χ1v) is 33.9. The molecule has 3 heterocycles. The summed E-state index contributed by atoms with van der Waals surface area (Å²) in [5, 5.41) is 10.4. The van der Waals surface area contributed by atoms with Crippen LogP contribution in [0.3, 0.4) is 0 Å². The van der Waals surface area contributed by atoms with E-state index in [4.69, 9.17) is 16.1 Å². The summed E-state index contributed by atoms with van der Waals surface area (Å²) in [5.74, 6) is -9.98. The van der Waals surface area contributed by atoms with E-state index >= 15 is 22.4 Å². The Morgan fingerprint density at radius 2 is 1.52 bits per heavy atom. The largest absolute Gasteiger partial charge is 0.524 e. The van der Waals surface area contributed by atoms with Crippen molar-refractivity contribution in [1.82, 2.24) is 35.2 Å². The molecule has 0 saturated heterocycles. The van der Waals surface area contributed by atoms with Crippen LogP contribution in [0.2, 0.25) is 5.02 Å². The summed E-state index contributed by atoms with van der Waals surface area (Å²) in [5.41, 5.74) is -9.11. The molecule has 3 aromatic heterocycles. The number of phosphoric ester groups is 1. The number of carbonyl (C=O) groups is 3. The molecule has 6 aromatic rings. The highest BCUT2D eigenvalue weighted by Gasteiger charge is 2.68. The van der Waals surface area contributed by atoms with Crippen molar-refractivity contribution in [2.45, 2.75) is 114 Å². The molecule has 1 fully saturated rings. The minimum atomic E-state index is -5.54. The monoisotopic (exact) mass is 1390 g/mol. The van der Waals surface area contributed by atoms with Crippen LogP contribution in [-0.2, 0) is 86.8 Å². The highest BCUT2D eigenvalue weighted by molar-refractivity contribution is 7.93. The number of rotatable bonds is 20. The minimum Gasteiger partial charge on any atom is -0.404 e. The van der Waals surface area contributed by atoms with Crippen molar-refractivity contribution in [1.29, 1.82) is 0 Å². The van der Waals surface area contributed by atoms with Crippen molar-refractivity contribution in [2.75, 3.05) is 23.1 Å². The maximum Gasteiger partial charge on any atom is 0.524 e. The van der Waals surface area contributed by atoms with Gasteiger partial charge in [-0.1, -0.05) is 43.5 Å². The lowest BCUT2D eigenvalue weighted by molar-refractivity contribution is -0.143. The van der Waals surface area contributed by atoms with Gasteiger partial charge in [-0.25, -0.2) is 35.2 Å². The number of fused-ring (bicyclic) bond motifs is 4. The Morgan fingerprint density at radius 1 is 0.890 bits per heavy atom. The average Bonchev–Trinajstić information content (AvgIpc) is 1.52. The normalized spacial score (nSPS) is 16.4. The first kappa shape index (κ1) is 69.9. The number of alkyl halides is 8. The Balaban J connectivity index is 1.34. The van der Waals surface area contributed by atoms with E-state index < -0.39 is 217 Å². The molecule has 37 heteroatoms. The van der Waals surface area contributed by atoms with E-state index in [1.54, 1.807) is 0 Å². The lowest BCUT2D eigenvalue weighted by Crippen LogP contribution is -2.40. The predicted octanol–water partition coefficient (Wildman–Crippen LogP) is 8.53. The zero-order valence-corrected chi connectivity index (χ0v) is 52.5. The molecule has 91 heavy (non-hydrogen) atoms. The molecule has 3 atom stereocenters. The van der Waals surface area contributed by atoms with Crippen molar-refractivity contribution in [2.24, 2.45) is 5.92 Å². The van der Waals surface area contributed by atoms with E-state index in [0.29, 0.717) is 12.3 Å². The molecule has 492 valence electrons. The molecule has 0 bridgehead atoms. The summed E-state index contributed by atoms with van der Waals surface area (Å²) in [6.07, 6.45) is -13.6. The number of hydrogen-bond donors (Lipinski definition) is 6. The number of carbonyl (C=O) groups excluding carboxylic acids is 3. The fraction of sp³-hybridized carbons (Fsp3) is 0.407. The number of aryl methyl sites for hydroxylation is 1. The van der Waals surface area contributed by atoms with Crippen LogP contribution in [-0.4, -0.2) is 108 Å². The number of nitrogens with one attached hydrogen (secondary N) is 2. The summed E-state index contributed by atoms with van der Waals surface area (Å²) in [7, 11) is -19.6. The van der Waals surface area contributed by atoms with Gasteiger partial charge in [0.05, 0.1) is 40.3 Å². The maximum atomic E-state index is 15.8. The number of benzene rings is 3. The van der Waals surface area contributed by atoms with Gasteiger partial charge in [-0.05, 0) is 98.5 Å². The van der Waals surface area contributed by atoms with Gasteiger partial charge < -0.3 is 24.9 Å². The third-order valence-corrected chi connectivity index (χ3v) is 19.0. The molecule has 0 radical (unpaired) electrons. The quantitative estimate of drug-likeness (QED) is 0.0237. The first-order chi connectivity index (χ1) is 41.5. The summed E-state index contributed by atoms with van der Waals surface area (Å²) in [6.45, 7) is 2.64. The van der Waals surface area contributed by atoms with Crippen molar-refractivity contribution >= 4 is 81.3 Å². The number of sulfonamides is 1. The molecule has 8 rings (SSSR count). The van der Waals surface area contributed by atoms with Crippen LogP contribution in [0.5, 0.6) is 5.75 Å². The van der Waals surface area contributed by atoms with Gasteiger partial charge in [0, 0.05) is 52.3 Å². The molecule has 1 unspecified atom stereocenters. The number of halogens is 11. The maximum absolute atomic E-state index is 15.8. The van der Waals surface area contributed by atoms with Crippen LogP contribution in [0.4, 0.5) is 49.7 Å². The number of hydrogen-bond acceptors (Lipinski definition) is 13. The molecule has 3 aromatic carbocycles. The van der Waals surface area contributed by atoms with Gasteiger partial charge in [-0.2, -0.15) is 49.6 Å². The molecule has 22 nitrogen and oxygen atoms in total. The van der Waals surface area contributed by atoms with Crippen molar-refractivity contribution in [3.05, 3.63) is 122 Å². The van der Waals surface area contributed by atoms with Crippen LogP contribution in [0.1, 0.15) is 103 Å². The number of aromatic nitrogens is 5. The van der Waals surface area contributed by atoms with Crippen molar-refractivity contribution in [3.63, 3.8) is 0 Å². The number of sulfone groups is 1. The molecule has 2 aliphatic rings. The Labute approximate surface area is 516 Å². The lowest BCUT2D eigenvalue weighted by Gasteiger charge is -2.31. The molecule has 2 aliphatic carbocycles. The van der Waals surface area contributed by atoms with Gasteiger partial charge in [-0.3, -0.25) is 38.1 Å². The highest BCUT2D eigenvalue weighted by atomic mass is 35.5. The Kier molecular flexibility index (Phi) is 18.6. The van der Waals surface area contributed by atoms with E-state index in [-0.39, 0.29) is 42.3 Å². The Bertz CT molecular complexity index is 4390. The fourth-order valence-electron chi connectivity index (χ4n) is 10.8. The Hall–Kier alpha value is -6.95. The van der Waals surface area contributed by atoms with Crippen LogP contribution >= 0.6 is 27.0 Å². The van der Waals surface area contributed by atoms with Crippen LogP contribution in [0.15, 0.2) is 54.6 Å². The second-order valence-corrected chi connectivity index (χ2v) is 30.6. The molecule has 0 aliphatic heterocycles. The van der Waals surface area contributed by atoms with E-state index in [1.165, 1.54) is 40.7 Å². The van der Waals surface area contributed by atoms with Gasteiger partial charge >= 0.3 is 27.8 Å². The van der Waals surface area contributed by atoms with Crippen LogP contribution in [0.25, 0.3) is 22.0 Å². The van der Waals surface area contributed by atoms with Crippen LogP contribution < -0.4 is 19.5 Å². The fourth-order valence-corrected chi connectivity index (χ4v) is 12.9. The van der Waals surface area contributed by atoms with Crippen molar-refractivity contribution in [3.8, 4) is 28.7 Å². The van der Waals surface area contributed by atoms with Gasteiger partial charge in [-0.15, -0.1) is 0 Å². The minimum absolute atomic E-state index is 0.0597. The zero-order chi connectivity index (χ0) is 68.1. The Morgan fingerprint density at radius 3 is 2.09 bits per heavy atom. The number of nitrogens with zero attached hydrogens (tertiary/aromatic N) is 6. The molecule has 6 N–H and O–H groups in total. The zero-order valence-electron chi connectivity index (χ0n) is 48.3. The molecule has 0 spiro atoms. The molecular formula is C54H53ClF10N8O14P2S2. The number of anilines is 1. The van der Waals surface area contributed by atoms with E-state index in [2.05, 4.69) is 32.3 Å². The summed E-state index contributed by atoms with van der Waals surface area (Å²) >= 11 is 6.80. The molecule has 1 saturated carbocycles. The third kappa shape index (κ3) is 15.6. The van der Waals surface area contributed by atoms with E-state index in [0.717, 1.165) is 48.7 Å². The second kappa shape index (κ2) is 24.2. The number of phosphoric acid groups is 1. The predicted molar refractivity (Wildman–Crippen MR) is 305 cm³/mol. The molecule has 3 amide bonds. The standard InChI is InChI=1S/C54H53ClF10N8O14P2S2/c1-26-14-28(19-39(74)66-25-88(77,78)79)44(38(15-26)87-89(80,81)82)50(2,3)22-41(76)73(91(7,85)86)49-43-36(55)11-10-33(46(43)72(70-49)24-52(58,59)60)32-9-8-31(12-13-51(4,5)90(6,83)84)67-45(32)37(18-27-16-29(56)20-30(57)17-27)68-40(75)23-71-48-42(47(69-71)54(63,64)65)34-21-35(34)53(48,61)62/h8-11,14-17,20,34-35,37H,18-19,21-25H2,1-7H3,(H,66,74)(H,68,75)(H2,77,78,79)(H2,80,81,82)/t34-,35?,37-/m0/s1. The average molecular weight is 1390 g/mol. The van der Waals surface area contributed by atoms with Gasteiger partial charge in [0.25, 0.3) is 5.92 Å². The number of pyridine rings is 1. The molecular weight excluding hydrogens is 1340 g/mol. The van der Waals surface area contributed by atoms with Crippen molar-refractivity contribution < 1.29 is 108 Å². The lowest BCUT2D eigenvalue weighted by atomic mass is 9.77. The smallest absolute Gasteiger partial charge is 0.404 e. The SMILES string of the molecule is Cc1cc(CC(=O)NCP(=O)(O)O)c(C(C)(C)CC(=O)N(c2nn(CC(F)(F)F)c3c(-c4ccc(C#CC(C)(C)S(C)(=O)=O)nc4[C@H](Cc4cc(F)cc(F)c4)NC(=O)Cn4nc(C(F)(F)F)c5c4C(F)(F)C4C[C@H]54)ccc(Cl)c23)S(C)(=O)=O)c(OP(=O)(O)O)c1. The second-order valence-electron chi connectivity index (χ2n) is 23.0. The third-order valence-electron chi connectivity index (χ3n) is 14.7. The summed E-state index contributed by atoms with van der Waals surface area (Å²) < 4.78 is 231. The summed E-state index contributed by atoms with van der Waals surface area (Å²) in [6, 6.07) is 6.51. The van der Waals surface area contributed by atoms with Gasteiger partial charge in [0.1, 0.15) is 52.9 Å². The van der Waals surface area contributed by atoms with Crippen LogP contribution in [0, 0.1) is 36.3 Å². The van der Waals surface area contributed by atoms with Gasteiger partial charge in [0.2, 0.25) is 27.7 Å². The van der Waals surface area contributed by atoms with E-state index in [9.17, 15) is 81.5 Å². The van der Waals surface area contributed by atoms with Gasteiger partial charge in [0.15, 0.2) is 21.3 Å². The highest BCUT2D eigenvalue weighted by Crippen LogP contribution is 2.68. The summed E-state index contributed by atoms with van der Waals surface area (Å²) in [4.78, 5) is 85.8. The van der Waals surface area contributed by atoms with E-state index in [1.807, 2.05) is 5.32 Å². The topological polar surface area (TPSA) is 320 Å². The number of amides is 3.